The molecule has 0 heterocycles. The van der Waals surface area contributed by atoms with Crippen molar-refractivity contribution in [3.8, 4) is 0 Å². The molecule has 1 amide bonds. The van der Waals surface area contributed by atoms with E-state index in [1.807, 2.05) is 39.0 Å². The molecule has 1 aliphatic carbocycles. The first kappa shape index (κ1) is 12.1. The molecule has 1 aromatic carbocycles. The largest absolute Gasteiger partial charge is 0.324 e. The number of benzene rings is 1. The maximum atomic E-state index is 12.0. The lowest BCUT2D eigenvalue weighted by molar-refractivity contribution is -0.117. The van der Waals surface area contributed by atoms with Gasteiger partial charge in [0.05, 0.1) is 6.04 Å². The van der Waals surface area contributed by atoms with Gasteiger partial charge in [0.25, 0.3) is 0 Å². The first-order valence-electron chi connectivity index (χ1n) is 6.21. The van der Waals surface area contributed by atoms with E-state index in [-0.39, 0.29) is 11.9 Å². The molecule has 92 valence electrons. The number of carbonyl (C=O) groups excluding carboxylic acids is 1. The van der Waals surface area contributed by atoms with Gasteiger partial charge in [0.2, 0.25) is 5.91 Å². The van der Waals surface area contributed by atoms with Gasteiger partial charge in [-0.15, -0.1) is 0 Å². The zero-order chi connectivity index (χ0) is 12.4. The summed E-state index contributed by atoms with van der Waals surface area (Å²) >= 11 is 0. The molecule has 1 fully saturated rings. The van der Waals surface area contributed by atoms with Crippen LogP contribution in [0.4, 0.5) is 5.69 Å². The number of carbonyl (C=O) groups is 1. The van der Waals surface area contributed by atoms with E-state index in [9.17, 15) is 4.79 Å². The molecule has 1 unspecified atom stereocenters. The molecule has 1 aliphatic rings. The summed E-state index contributed by atoms with van der Waals surface area (Å²) in [5, 5.41) is 6.31. The Hall–Kier alpha value is -1.35. The minimum Gasteiger partial charge on any atom is -0.324 e. The molecular weight excluding hydrogens is 212 g/mol. The van der Waals surface area contributed by atoms with Crippen molar-refractivity contribution in [3.05, 3.63) is 29.3 Å². The number of para-hydroxylation sites is 1. The van der Waals surface area contributed by atoms with Crippen LogP contribution in [-0.2, 0) is 4.79 Å². The Bertz CT molecular complexity index is 404. The minimum absolute atomic E-state index is 0.0503. The molecule has 2 N–H and O–H groups in total. The summed E-state index contributed by atoms with van der Waals surface area (Å²) < 4.78 is 0. The van der Waals surface area contributed by atoms with Crippen LogP contribution in [-0.4, -0.2) is 18.0 Å². The van der Waals surface area contributed by atoms with E-state index in [0.29, 0.717) is 6.04 Å². The standard InChI is InChI=1S/C14H20N2O/c1-9-5-4-6-10(2)13(9)16-14(17)11(3)15-12-7-8-12/h4-6,11-12,15H,7-8H2,1-3H3,(H,16,17). The van der Waals surface area contributed by atoms with Crippen LogP contribution in [0, 0.1) is 13.8 Å². The molecule has 1 aromatic rings. The van der Waals surface area contributed by atoms with E-state index in [0.717, 1.165) is 16.8 Å². The van der Waals surface area contributed by atoms with Gasteiger partial charge in [-0.25, -0.2) is 0 Å². The zero-order valence-electron chi connectivity index (χ0n) is 10.7. The number of rotatable bonds is 4. The molecule has 0 aromatic heterocycles. The SMILES string of the molecule is Cc1cccc(C)c1NC(=O)C(C)NC1CC1. The molecule has 0 spiro atoms. The van der Waals surface area contributed by atoms with E-state index < -0.39 is 0 Å². The molecule has 3 nitrogen and oxygen atoms in total. The van der Waals surface area contributed by atoms with Gasteiger partial charge in [-0.1, -0.05) is 18.2 Å². The molecule has 0 aliphatic heterocycles. The van der Waals surface area contributed by atoms with Gasteiger partial charge in [0.15, 0.2) is 0 Å². The van der Waals surface area contributed by atoms with Crippen LogP contribution in [0.2, 0.25) is 0 Å². The van der Waals surface area contributed by atoms with Gasteiger partial charge < -0.3 is 10.6 Å². The van der Waals surface area contributed by atoms with Gasteiger partial charge in [-0.05, 0) is 44.7 Å². The topological polar surface area (TPSA) is 41.1 Å². The molecule has 2 rings (SSSR count). The van der Waals surface area contributed by atoms with E-state index in [1.54, 1.807) is 0 Å². The van der Waals surface area contributed by atoms with Crippen LogP contribution >= 0.6 is 0 Å². The lowest BCUT2D eigenvalue weighted by Crippen LogP contribution is -2.39. The van der Waals surface area contributed by atoms with Gasteiger partial charge >= 0.3 is 0 Å². The fourth-order valence-electron chi connectivity index (χ4n) is 1.92. The molecule has 3 heteroatoms. The highest BCUT2D eigenvalue weighted by Crippen LogP contribution is 2.21. The summed E-state index contributed by atoms with van der Waals surface area (Å²) in [6.07, 6.45) is 2.39. The Morgan fingerprint density at radius 1 is 1.29 bits per heavy atom. The van der Waals surface area contributed by atoms with Gasteiger partial charge in [0.1, 0.15) is 0 Å². The third-order valence-electron chi connectivity index (χ3n) is 3.19. The molecule has 0 bridgehead atoms. The monoisotopic (exact) mass is 232 g/mol. The van der Waals surface area contributed by atoms with E-state index in [4.69, 9.17) is 0 Å². The second-order valence-corrected chi connectivity index (χ2v) is 4.92. The summed E-state index contributed by atoms with van der Waals surface area (Å²) in [5.74, 6) is 0.0503. The van der Waals surface area contributed by atoms with Crippen molar-refractivity contribution in [2.75, 3.05) is 5.32 Å². The number of nitrogens with one attached hydrogen (secondary N) is 2. The van der Waals surface area contributed by atoms with Crippen LogP contribution in [0.3, 0.4) is 0 Å². The molecule has 17 heavy (non-hydrogen) atoms. The maximum Gasteiger partial charge on any atom is 0.241 e. The fraction of sp³-hybridized carbons (Fsp3) is 0.500. The highest BCUT2D eigenvalue weighted by molar-refractivity contribution is 5.95. The van der Waals surface area contributed by atoms with Gasteiger partial charge in [-0.3, -0.25) is 4.79 Å². The minimum atomic E-state index is -0.124. The highest BCUT2D eigenvalue weighted by Gasteiger charge is 2.25. The van der Waals surface area contributed by atoms with Crippen molar-refractivity contribution in [3.63, 3.8) is 0 Å². The van der Waals surface area contributed by atoms with Crippen LogP contribution in [0.1, 0.15) is 30.9 Å². The predicted octanol–water partition coefficient (Wildman–Crippen LogP) is 2.38. The Balaban J connectivity index is 2.01. The van der Waals surface area contributed by atoms with Crippen LogP contribution < -0.4 is 10.6 Å². The second-order valence-electron chi connectivity index (χ2n) is 4.92. The average molecular weight is 232 g/mol. The smallest absolute Gasteiger partial charge is 0.241 e. The van der Waals surface area contributed by atoms with Crippen molar-refractivity contribution in [2.45, 2.75) is 45.7 Å². The normalized spacial score (nSPS) is 16.6. The second kappa shape index (κ2) is 4.88. The molecule has 1 saturated carbocycles. The molecule has 0 saturated heterocycles. The average Bonchev–Trinajstić information content (AvgIpc) is 3.07. The van der Waals surface area contributed by atoms with Gasteiger partial charge in [-0.2, -0.15) is 0 Å². The van der Waals surface area contributed by atoms with E-state index in [2.05, 4.69) is 10.6 Å². The van der Waals surface area contributed by atoms with Crippen molar-refractivity contribution in [2.24, 2.45) is 0 Å². The third kappa shape index (κ3) is 3.07. The quantitative estimate of drug-likeness (QED) is 0.837. The summed E-state index contributed by atoms with van der Waals surface area (Å²) in [4.78, 5) is 12.0. The summed E-state index contributed by atoms with van der Waals surface area (Å²) in [5.41, 5.74) is 3.16. The summed E-state index contributed by atoms with van der Waals surface area (Å²) in [7, 11) is 0. The van der Waals surface area contributed by atoms with Crippen molar-refractivity contribution in [1.29, 1.82) is 0 Å². The lowest BCUT2D eigenvalue weighted by Gasteiger charge is -2.16. The van der Waals surface area contributed by atoms with Crippen molar-refractivity contribution >= 4 is 11.6 Å². The third-order valence-corrected chi connectivity index (χ3v) is 3.19. The van der Waals surface area contributed by atoms with E-state index in [1.165, 1.54) is 12.8 Å². The number of amides is 1. The number of hydrogen-bond acceptors (Lipinski definition) is 2. The zero-order valence-corrected chi connectivity index (χ0v) is 10.7. The van der Waals surface area contributed by atoms with Crippen LogP contribution in [0.15, 0.2) is 18.2 Å². The predicted molar refractivity (Wildman–Crippen MR) is 70.2 cm³/mol. The number of anilines is 1. The maximum absolute atomic E-state index is 12.0. The lowest BCUT2D eigenvalue weighted by atomic mass is 10.1. The van der Waals surface area contributed by atoms with Crippen LogP contribution in [0.5, 0.6) is 0 Å². The Morgan fingerprint density at radius 3 is 2.41 bits per heavy atom. The Kier molecular flexibility index (Phi) is 3.48. The summed E-state index contributed by atoms with van der Waals surface area (Å²) in [6.45, 7) is 5.95. The molecular formula is C14H20N2O. The first-order valence-corrected chi connectivity index (χ1v) is 6.21. The first-order chi connectivity index (χ1) is 8.08. The van der Waals surface area contributed by atoms with Gasteiger partial charge in [0, 0.05) is 11.7 Å². The molecule has 0 radical (unpaired) electrons. The van der Waals surface area contributed by atoms with Crippen molar-refractivity contribution in [1.82, 2.24) is 5.32 Å². The fourth-order valence-corrected chi connectivity index (χ4v) is 1.92. The van der Waals surface area contributed by atoms with Crippen molar-refractivity contribution < 1.29 is 4.79 Å². The summed E-state index contributed by atoms with van der Waals surface area (Å²) in [6, 6.07) is 6.46. The highest BCUT2D eigenvalue weighted by atomic mass is 16.2. The Morgan fingerprint density at radius 2 is 1.88 bits per heavy atom. The Labute approximate surface area is 103 Å². The number of aryl methyl sites for hydroxylation is 2. The van der Waals surface area contributed by atoms with E-state index >= 15 is 0 Å². The number of hydrogen-bond donors (Lipinski definition) is 2. The molecule has 1 atom stereocenters. The van der Waals surface area contributed by atoms with Crippen LogP contribution in [0.25, 0.3) is 0 Å².